The largest absolute Gasteiger partial charge is 0.392 e. The van der Waals surface area contributed by atoms with Crippen LogP contribution in [0.2, 0.25) is 0 Å². The smallest absolute Gasteiger partial charge is 0.236 e. The minimum Gasteiger partial charge on any atom is -0.392 e. The molecule has 0 aromatic heterocycles. The van der Waals surface area contributed by atoms with Crippen molar-refractivity contribution in [2.45, 2.75) is 26.0 Å². The number of aliphatic hydroxyl groups is 1. The van der Waals surface area contributed by atoms with Crippen LogP contribution >= 0.6 is 0 Å². The van der Waals surface area contributed by atoms with Crippen LogP contribution in [0.5, 0.6) is 0 Å². The number of amides is 1. The molecule has 0 aliphatic rings. The molecule has 0 aliphatic carbocycles. The fourth-order valence-electron chi connectivity index (χ4n) is 0.532. The van der Waals surface area contributed by atoms with Crippen LogP contribution in [0.1, 0.15) is 13.8 Å². The first-order valence-electron chi connectivity index (χ1n) is 3.71. The maximum atomic E-state index is 11.0. The maximum Gasteiger partial charge on any atom is 0.236 e. The van der Waals surface area contributed by atoms with Crippen molar-refractivity contribution in [3.05, 3.63) is 0 Å². The summed E-state index contributed by atoms with van der Waals surface area (Å²) in [6.07, 6.45) is -0.483. The Balaban J connectivity index is 3.52. The van der Waals surface area contributed by atoms with E-state index in [4.69, 9.17) is 5.11 Å². The van der Waals surface area contributed by atoms with Gasteiger partial charge in [-0.25, -0.2) is 0 Å². The average Bonchev–Trinajstić information content (AvgIpc) is 1.98. The van der Waals surface area contributed by atoms with Gasteiger partial charge < -0.3 is 15.7 Å². The quantitative estimate of drug-likeness (QED) is 0.499. The lowest BCUT2D eigenvalue weighted by Crippen LogP contribution is -2.42. The van der Waals surface area contributed by atoms with Crippen molar-refractivity contribution in [3.63, 3.8) is 0 Å². The number of likely N-dealkylation sites (N-methyl/N-ethyl adjacent to an activating group) is 1. The molecule has 0 aromatic rings. The number of hydrogen-bond donors (Lipinski definition) is 3. The van der Waals surface area contributed by atoms with E-state index >= 15 is 0 Å². The molecule has 1 amide bonds. The normalized spacial score (nSPS) is 15.6. The van der Waals surface area contributed by atoms with Gasteiger partial charge in [-0.1, -0.05) is 0 Å². The highest BCUT2D eigenvalue weighted by atomic mass is 16.3. The van der Waals surface area contributed by atoms with Gasteiger partial charge in [0, 0.05) is 6.54 Å². The molecule has 0 radical (unpaired) electrons. The van der Waals surface area contributed by atoms with Gasteiger partial charge in [0.25, 0.3) is 0 Å². The highest BCUT2D eigenvalue weighted by molar-refractivity contribution is 5.81. The summed E-state index contributed by atoms with van der Waals surface area (Å²) in [5, 5.41) is 14.2. The van der Waals surface area contributed by atoms with Crippen LogP contribution in [-0.2, 0) is 4.79 Å². The van der Waals surface area contributed by atoms with E-state index in [1.165, 1.54) is 0 Å². The summed E-state index contributed by atoms with van der Waals surface area (Å²) in [5.74, 6) is -0.0894. The fraction of sp³-hybridized carbons (Fsp3) is 0.857. The zero-order chi connectivity index (χ0) is 8.85. The predicted molar refractivity (Wildman–Crippen MR) is 43.2 cm³/mol. The van der Waals surface area contributed by atoms with E-state index in [0.29, 0.717) is 6.54 Å². The lowest BCUT2D eigenvalue weighted by Gasteiger charge is -2.11. The molecule has 11 heavy (non-hydrogen) atoms. The van der Waals surface area contributed by atoms with Crippen LogP contribution in [-0.4, -0.2) is 36.8 Å². The third kappa shape index (κ3) is 4.75. The molecule has 0 aromatic carbocycles. The molecule has 0 heterocycles. The minimum atomic E-state index is -0.483. The van der Waals surface area contributed by atoms with Gasteiger partial charge in [-0.3, -0.25) is 4.79 Å². The third-order valence-electron chi connectivity index (χ3n) is 1.40. The van der Waals surface area contributed by atoms with Gasteiger partial charge in [0.2, 0.25) is 5.91 Å². The Hall–Kier alpha value is -0.610. The number of hydrogen-bond acceptors (Lipinski definition) is 3. The molecule has 66 valence electrons. The van der Waals surface area contributed by atoms with Crippen LogP contribution in [0.3, 0.4) is 0 Å². The maximum absolute atomic E-state index is 11.0. The lowest BCUT2D eigenvalue weighted by molar-refractivity contribution is -0.123. The summed E-state index contributed by atoms with van der Waals surface area (Å²) in [7, 11) is 1.71. The highest BCUT2D eigenvalue weighted by Gasteiger charge is 2.09. The van der Waals surface area contributed by atoms with E-state index in [1.54, 1.807) is 20.9 Å². The van der Waals surface area contributed by atoms with E-state index in [9.17, 15) is 4.79 Å². The molecular formula is C7H16N2O2. The minimum absolute atomic E-state index is 0.0894. The molecule has 0 fully saturated rings. The zero-order valence-corrected chi connectivity index (χ0v) is 7.22. The summed E-state index contributed by atoms with van der Waals surface area (Å²) in [4.78, 5) is 11.0. The monoisotopic (exact) mass is 160 g/mol. The number of rotatable bonds is 4. The Morgan fingerprint density at radius 2 is 2.09 bits per heavy atom. The van der Waals surface area contributed by atoms with Gasteiger partial charge in [0.1, 0.15) is 0 Å². The summed E-state index contributed by atoms with van der Waals surface area (Å²) in [6.45, 7) is 3.70. The summed E-state index contributed by atoms with van der Waals surface area (Å²) >= 11 is 0. The van der Waals surface area contributed by atoms with Crippen molar-refractivity contribution in [3.8, 4) is 0 Å². The first kappa shape index (κ1) is 10.4. The summed E-state index contributed by atoms with van der Waals surface area (Å²) in [6, 6.07) is -0.200. The molecule has 0 unspecified atom stereocenters. The Morgan fingerprint density at radius 1 is 1.55 bits per heavy atom. The number of carbonyl (C=O) groups excluding carboxylic acids is 1. The van der Waals surface area contributed by atoms with Crippen molar-refractivity contribution >= 4 is 5.91 Å². The van der Waals surface area contributed by atoms with Gasteiger partial charge >= 0.3 is 0 Å². The molecule has 4 nitrogen and oxygen atoms in total. The molecule has 0 saturated carbocycles. The number of carbonyl (C=O) groups is 1. The molecule has 0 bridgehead atoms. The van der Waals surface area contributed by atoms with E-state index in [0.717, 1.165) is 0 Å². The zero-order valence-electron chi connectivity index (χ0n) is 7.22. The van der Waals surface area contributed by atoms with Crippen LogP contribution in [0.15, 0.2) is 0 Å². The van der Waals surface area contributed by atoms with E-state index in [1.807, 2.05) is 0 Å². The molecule has 0 aliphatic heterocycles. The van der Waals surface area contributed by atoms with Crippen molar-refractivity contribution in [1.82, 2.24) is 10.6 Å². The fourth-order valence-corrected chi connectivity index (χ4v) is 0.532. The molecule has 3 N–H and O–H groups in total. The third-order valence-corrected chi connectivity index (χ3v) is 1.40. The van der Waals surface area contributed by atoms with Crippen molar-refractivity contribution < 1.29 is 9.90 Å². The molecule has 0 spiro atoms. The average molecular weight is 160 g/mol. The van der Waals surface area contributed by atoms with Gasteiger partial charge in [-0.15, -0.1) is 0 Å². The summed E-state index contributed by atoms with van der Waals surface area (Å²) in [5.41, 5.74) is 0. The SMILES string of the molecule is CN[C@@H](C)C(=O)NC[C@@H](C)O. The van der Waals surface area contributed by atoms with E-state index in [-0.39, 0.29) is 11.9 Å². The van der Waals surface area contributed by atoms with Crippen LogP contribution in [0, 0.1) is 0 Å². The van der Waals surface area contributed by atoms with Crippen molar-refractivity contribution in [2.75, 3.05) is 13.6 Å². The van der Waals surface area contributed by atoms with Crippen molar-refractivity contribution in [1.29, 1.82) is 0 Å². The molecule has 0 saturated heterocycles. The number of nitrogens with one attached hydrogen (secondary N) is 2. The Bertz CT molecular complexity index is 126. The van der Waals surface area contributed by atoms with Gasteiger partial charge in [0.05, 0.1) is 12.1 Å². The van der Waals surface area contributed by atoms with E-state index in [2.05, 4.69) is 10.6 Å². The van der Waals surface area contributed by atoms with Gasteiger partial charge in [0.15, 0.2) is 0 Å². The molecule has 2 atom stereocenters. The molecule has 0 rings (SSSR count). The Kier molecular flexibility index (Phi) is 4.81. The highest BCUT2D eigenvalue weighted by Crippen LogP contribution is 1.80. The Labute approximate surface area is 67.0 Å². The second-order valence-electron chi connectivity index (χ2n) is 2.60. The van der Waals surface area contributed by atoms with E-state index < -0.39 is 6.10 Å². The van der Waals surface area contributed by atoms with Crippen molar-refractivity contribution in [2.24, 2.45) is 0 Å². The molecular weight excluding hydrogens is 144 g/mol. The number of aliphatic hydroxyl groups excluding tert-OH is 1. The summed E-state index contributed by atoms with van der Waals surface area (Å²) < 4.78 is 0. The van der Waals surface area contributed by atoms with Crippen LogP contribution < -0.4 is 10.6 Å². The topological polar surface area (TPSA) is 61.4 Å². The predicted octanol–water partition coefficient (Wildman–Crippen LogP) is -0.909. The standard InChI is InChI=1S/C7H16N2O2/c1-5(10)4-9-7(11)6(2)8-3/h5-6,8,10H,4H2,1-3H3,(H,9,11)/t5-,6+/m1/s1. The Morgan fingerprint density at radius 3 is 2.45 bits per heavy atom. The van der Waals surface area contributed by atoms with Gasteiger partial charge in [-0.2, -0.15) is 0 Å². The first-order valence-corrected chi connectivity index (χ1v) is 3.71. The van der Waals surface area contributed by atoms with Gasteiger partial charge in [-0.05, 0) is 20.9 Å². The van der Waals surface area contributed by atoms with Crippen LogP contribution in [0.4, 0.5) is 0 Å². The molecule has 4 heteroatoms. The second-order valence-corrected chi connectivity index (χ2v) is 2.60. The second kappa shape index (κ2) is 5.09. The lowest BCUT2D eigenvalue weighted by atomic mass is 10.3. The first-order chi connectivity index (χ1) is 5.07. The van der Waals surface area contributed by atoms with Crippen LogP contribution in [0.25, 0.3) is 0 Å².